The Morgan fingerprint density at radius 1 is 0.885 bits per heavy atom. The molecular formula is C57H70N10O10S. The minimum absolute atomic E-state index is 0.0881. The average molecular weight is 1090 g/mol. The molecule has 8 rings (SSSR count). The monoisotopic (exact) mass is 1090 g/mol. The zero-order valence-corrected chi connectivity index (χ0v) is 45.9. The van der Waals surface area contributed by atoms with Crippen molar-refractivity contribution in [2.45, 2.75) is 91.7 Å². The molecule has 3 aromatic carbocycles. The maximum Gasteiger partial charge on any atom is 0.340 e. The van der Waals surface area contributed by atoms with Crippen molar-refractivity contribution in [3.63, 3.8) is 0 Å². The number of hydrogen-bond donors (Lipinski definition) is 4. The summed E-state index contributed by atoms with van der Waals surface area (Å²) in [6.45, 7) is 16.4. The fourth-order valence-electron chi connectivity index (χ4n) is 9.13. The lowest BCUT2D eigenvalue weighted by atomic mass is 9.85. The molecule has 78 heavy (non-hydrogen) atoms. The predicted octanol–water partition coefficient (Wildman–Crippen LogP) is 6.82. The number of carbonyl (C=O) groups excluding carboxylic acids is 2. The number of fused-ring (bicyclic) bond motifs is 1. The number of benzene rings is 3. The summed E-state index contributed by atoms with van der Waals surface area (Å²) in [5.41, 5.74) is 8.41. The zero-order chi connectivity index (χ0) is 55.0. The number of likely N-dealkylation sites (tertiary alicyclic amines) is 1. The van der Waals surface area contributed by atoms with Gasteiger partial charge in [-0.3, -0.25) is 9.59 Å². The Balaban J connectivity index is 0.656. The summed E-state index contributed by atoms with van der Waals surface area (Å²) < 4.78 is 36.1. The summed E-state index contributed by atoms with van der Waals surface area (Å²) in [6, 6.07) is 21.5. The topological polar surface area (TPSA) is 239 Å². The second kappa shape index (κ2) is 27.6. The largest absolute Gasteiger partial charge is 0.424 e. The number of β-amino-alcohol motifs (C(OH)–C–C–N with tert-alkyl or cyclic N) is 1. The number of thiazole rings is 1. The van der Waals surface area contributed by atoms with E-state index >= 15 is 0 Å². The van der Waals surface area contributed by atoms with Gasteiger partial charge in [0.15, 0.2) is 0 Å². The number of amides is 2. The molecule has 2 amide bonds. The second-order valence-corrected chi connectivity index (χ2v) is 21.1. The van der Waals surface area contributed by atoms with Crippen molar-refractivity contribution in [2.24, 2.45) is 5.41 Å². The molecule has 21 heteroatoms. The molecule has 1 saturated heterocycles. The van der Waals surface area contributed by atoms with Crippen LogP contribution < -0.4 is 26.3 Å². The number of anilines is 1. The van der Waals surface area contributed by atoms with E-state index in [9.17, 15) is 19.5 Å². The van der Waals surface area contributed by atoms with Gasteiger partial charge in [0.25, 0.3) is 0 Å². The Kier molecular flexibility index (Phi) is 20.2. The van der Waals surface area contributed by atoms with E-state index < -0.39 is 29.2 Å². The van der Waals surface area contributed by atoms with Crippen LogP contribution in [0, 0.1) is 19.3 Å². The second-order valence-electron chi connectivity index (χ2n) is 20.2. The highest BCUT2D eigenvalue weighted by atomic mass is 32.1. The molecule has 4 atom stereocenters. The highest BCUT2D eigenvalue weighted by Crippen LogP contribution is 2.31. The molecular weight excluding hydrogens is 1020 g/mol. The van der Waals surface area contributed by atoms with Crippen LogP contribution in [0.5, 0.6) is 11.8 Å². The van der Waals surface area contributed by atoms with Gasteiger partial charge >= 0.3 is 11.6 Å². The molecule has 4 aromatic heterocycles. The van der Waals surface area contributed by atoms with Crippen molar-refractivity contribution in [3.05, 3.63) is 141 Å². The fourth-order valence-corrected chi connectivity index (χ4v) is 9.94. The number of nitrogens with zero attached hydrogens (tertiary/aromatic N) is 7. The summed E-state index contributed by atoms with van der Waals surface area (Å²) in [5.74, 6) is -0.0527. The van der Waals surface area contributed by atoms with Gasteiger partial charge < -0.3 is 54.1 Å². The van der Waals surface area contributed by atoms with E-state index in [1.54, 1.807) is 46.6 Å². The van der Waals surface area contributed by atoms with Crippen LogP contribution in [0.4, 0.5) is 5.69 Å². The van der Waals surface area contributed by atoms with Crippen molar-refractivity contribution in [3.8, 4) is 22.2 Å². The molecule has 1 aliphatic heterocycles. The van der Waals surface area contributed by atoms with Gasteiger partial charge in [0, 0.05) is 61.0 Å². The normalized spacial score (nSPS) is 15.4. The van der Waals surface area contributed by atoms with Crippen molar-refractivity contribution >= 4 is 39.8 Å². The Bertz CT molecular complexity index is 3110. The molecule has 0 unspecified atom stereocenters. The summed E-state index contributed by atoms with van der Waals surface area (Å²) in [6.07, 6.45) is 4.83. The van der Waals surface area contributed by atoms with E-state index in [0.717, 1.165) is 49.6 Å². The molecule has 20 nitrogen and oxygen atoms in total. The van der Waals surface area contributed by atoms with Gasteiger partial charge in [0.1, 0.15) is 23.1 Å². The van der Waals surface area contributed by atoms with Crippen LogP contribution in [0.25, 0.3) is 21.4 Å². The van der Waals surface area contributed by atoms with E-state index in [1.807, 2.05) is 108 Å². The first-order chi connectivity index (χ1) is 37.7. The lowest BCUT2D eigenvalue weighted by Gasteiger charge is -2.35. The summed E-state index contributed by atoms with van der Waals surface area (Å²) in [5, 5.41) is 29.8. The molecule has 0 bridgehead atoms. The molecule has 1 fully saturated rings. The maximum atomic E-state index is 14.0. The minimum Gasteiger partial charge on any atom is -0.424 e. The molecule has 1 aliphatic rings. The number of nitrogens with one attached hydrogen (secondary N) is 3. The zero-order valence-electron chi connectivity index (χ0n) is 45.1. The quantitative estimate of drug-likeness (QED) is 0.0291. The fraction of sp³-hybridized carbons (Fsp3) is 0.439. The maximum absolute atomic E-state index is 14.0. The van der Waals surface area contributed by atoms with E-state index in [4.69, 9.17) is 28.1 Å². The van der Waals surface area contributed by atoms with Gasteiger partial charge in [-0.05, 0) is 78.8 Å². The Hall–Kier alpha value is -6.98. The van der Waals surface area contributed by atoms with Crippen molar-refractivity contribution in [1.29, 1.82) is 0 Å². The van der Waals surface area contributed by atoms with E-state index in [2.05, 4.69) is 41.2 Å². The molecule has 7 aromatic rings. The van der Waals surface area contributed by atoms with Crippen LogP contribution in [0.1, 0.15) is 73.8 Å². The van der Waals surface area contributed by atoms with Crippen molar-refractivity contribution in [1.82, 2.24) is 45.5 Å². The number of aliphatic hydroxyl groups is 1. The van der Waals surface area contributed by atoms with Gasteiger partial charge in [0.05, 0.1) is 106 Å². The lowest BCUT2D eigenvalue weighted by Crippen LogP contribution is -2.57. The summed E-state index contributed by atoms with van der Waals surface area (Å²) in [4.78, 5) is 56.0. The highest BCUT2D eigenvalue weighted by Gasteiger charge is 2.44. The number of aromatic nitrogens is 6. The van der Waals surface area contributed by atoms with Crippen molar-refractivity contribution < 1.29 is 42.8 Å². The smallest absolute Gasteiger partial charge is 0.340 e. The first-order valence-corrected chi connectivity index (χ1v) is 27.1. The van der Waals surface area contributed by atoms with Gasteiger partial charge in [-0.1, -0.05) is 62.4 Å². The molecule has 414 valence electrons. The van der Waals surface area contributed by atoms with E-state index in [0.29, 0.717) is 95.8 Å². The van der Waals surface area contributed by atoms with Crippen LogP contribution in [0.2, 0.25) is 0 Å². The Morgan fingerprint density at radius 2 is 1.60 bits per heavy atom. The average Bonchev–Trinajstić information content (AvgIpc) is 4.24. The minimum atomic E-state index is -0.796. The number of ether oxygens (including phenoxy) is 5. The third kappa shape index (κ3) is 15.8. The third-order valence-corrected chi connectivity index (χ3v) is 14.3. The summed E-state index contributed by atoms with van der Waals surface area (Å²) >= 11 is 1.59. The molecule has 0 aliphatic carbocycles. The number of aryl methyl sites for hydroxylation is 2. The van der Waals surface area contributed by atoms with Gasteiger partial charge in [-0.2, -0.15) is 0 Å². The predicted molar refractivity (Wildman–Crippen MR) is 295 cm³/mol. The van der Waals surface area contributed by atoms with Crippen LogP contribution in [-0.2, 0) is 48.0 Å². The molecule has 0 saturated carbocycles. The Labute approximate surface area is 457 Å². The molecule has 0 radical (unpaired) electrons. The standard InChI is InChI=1S/C57H70N10O10S/c1-37-47-16-15-46(76-56-59-17-8-18-60-56)32-50(47)77-55(71)48(37)30-40-9-7-10-43(29-40)61-33-44-34-66(65-64-44)20-22-73-24-26-75-28-27-74-25-23-72-21-19-58-52(57(4,5)6)54(70)67-35-45(68)31-49(67)53(69)63-38(2)41-11-13-42(14-12-41)51-39(3)62-36-78-51/h7-18,29,32,34,36,38,45,49,52,58,61,68H,19-28,30-31,33,35H2,1-6H3,(H,63,69)/t38-,45+,49-,52+/m0/s1. The van der Waals surface area contributed by atoms with Crippen LogP contribution in [0.3, 0.4) is 0 Å². The van der Waals surface area contributed by atoms with Gasteiger partial charge in [-0.15, -0.1) is 16.4 Å². The van der Waals surface area contributed by atoms with E-state index in [1.165, 1.54) is 4.90 Å². The Morgan fingerprint density at radius 3 is 2.31 bits per heavy atom. The summed E-state index contributed by atoms with van der Waals surface area (Å²) in [7, 11) is 0. The van der Waals surface area contributed by atoms with E-state index in [-0.39, 0.29) is 36.8 Å². The van der Waals surface area contributed by atoms with Crippen LogP contribution >= 0.6 is 11.3 Å². The molecule has 4 N–H and O–H groups in total. The first kappa shape index (κ1) is 57.2. The number of hydrogen-bond acceptors (Lipinski definition) is 18. The highest BCUT2D eigenvalue weighted by molar-refractivity contribution is 7.13. The van der Waals surface area contributed by atoms with Crippen LogP contribution in [-0.4, -0.2) is 136 Å². The molecule has 5 heterocycles. The first-order valence-electron chi connectivity index (χ1n) is 26.3. The number of rotatable bonds is 28. The SMILES string of the molecule is Cc1ncsc1-c1ccc([C@H](C)NC(=O)[C@@H]2C[C@@H](O)CN2C(=O)[C@@H](NCCOCCOCCOCCOCCn2cc(CNc3cccc(Cc4c(C)c5ccc(Oc6ncccn6)cc5oc4=O)c3)nn2)C(C)(C)C)cc1. The lowest BCUT2D eigenvalue weighted by molar-refractivity contribution is -0.142. The van der Waals surface area contributed by atoms with Gasteiger partial charge in [0.2, 0.25) is 11.8 Å². The van der Waals surface area contributed by atoms with Crippen LogP contribution in [0.15, 0.2) is 106 Å². The van der Waals surface area contributed by atoms with Crippen molar-refractivity contribution in [2.75, 3.05) is 71.3 Å². The number of aliphatic hydroxyl groups excluding tert-OH is 1. The third-order valence-electron chi connectivity index (χ3n) is 13.3. The van der Waals surface area contributed by atoms with Gasteiger partial charge in [-0.25, -0.2) is 24.4 Å². The molecule has 0 spiro atoms. The number of carbonyl (C=O) groups is 2.